The molecule has 0 aromatic heterocycles. The van der Waals surface area contributed by atoms with E-state index in [0.29, 0.717) is 6.42 Å². The van der Waals surface area contributed by atoms with E-state index in [4.69, 9.17) is 9.84 Å². The summed E-state index contributed by atoms with van der Waals surface area (Å²) in [4.78, 5) is 10.6. The van der Waals surface area contributed by atoms with Gasteiger partial charge in [0, 0.05) is 0 Å². The Morgan fingerprint density at radius 2 is 2.40 bits per heavy atom. The second-order valence-corrected chi connectivity index (χ2v) is 3.05. The first-order chi connectivity index (χ1) is 4.76. The number of hydrogen-bond donors (Lipinski definition) is 1. The van der Waals surface area contributed by atoms with Crippen LogP contribution in [0.3, 0.4) is 0 Å². The van der Waals surface area contributed by atoms with Gasteiger partial charge in [-0.3, -0.25) is 0 Å². The van der Waals surface area contributed by atoms with Crippen molar-refractivity contribution >= 4 is 5.97 Å². The Morgan fingerprint density at radius 1 is 1.60 bits per heavy atom. The maximum atomic E-state index is 10.6. The summed E-state index contributed by atoms with van der Waals surface area (Å²) in [5, 5.41) is 8.71. The average Bonchev–Trinajstić information content (AvgIpc) is 2.61. The lowest BCUT2D eigenvalue weighted by Crippen LogP contribution is -2.29. The predicted molar refractivity (Wildman–Crippen MR) is 33.7 cm³/mol. The fraction of sp³-hybridized carbons (Fsp3) is 0.857. The highest BCUT2D eigenvalue weighted by Gasteiger charge is 2.63. The van der Waals surface area contributed by atoms with Gasteiger partial charge in [-0.25, -0.2) is 4.79 Å². The zero-order chi connectivity index (χ0) is 7.19. The third-order valence-electron chi connectivity index (χ3n) is 2.44. The van der Waals surface area contributed by atoms with Crippen molar-refractivity contribution in [1.82, 2.24) is 0 Å². The van der Waals surface area contributed by atoms with E-state index in [1.165, 1.54) is 0 Å². The molecule has 1 heterocycles. The van der Waals surface area contributed by atoms with Crippen LogP contribution < -0.4 is 0 Å². The average molecular weight is 142 g/mol. The molecule has 0 spiro atoms. The number of aliphatic carboxylic acids is 1. The molecule has 56 valence electrons. The van der Waals surface area contributed by atoms with E-state index in [1.54, 1.807) is 0 Å². The van der Waals surface area contributed by atoms with E-state index >= 15 is 0 Å². The zero-order valence-electron chi connectivity index (χ0n) is 5.67. The van der Waals surface area contributed by atoms with Crippen LogP contribution in [-0.4, -0.2) is 22.8 Å². The molecular weight excluding hydrogens is 132 g/mol. The predicted octanol–water partition coefficient (Wildman–Crippen LogP) is 0.783. The number of epoxide rings is 1. The summed E-state index contributed by atoms with van der Waals surface area (Å²) < 4.78 is 5.13. The van der Waals surface area contributed by atoms with E-state index in [2.05, 4.69) is 0 Å². The summed E-state index contributed by atoms with van der Waals surface area (Å²) in [5.74, 6) is -0.766. The fourth-order valence-corrected chi connectivity index (χ4v) is 1.74. The molecule has 0 amide bonds. The number of carboxylic acid groups (broad SMARTS) is 1. The lowest BCUT2D eigenvalue weighted by Gasteiger charge is -2.11. The molecule has 10 heavy (non-hydrogen) atoms. The Balaban J connectivity index is 2.12. The van der Waals surface area contributed by atoms with Crippen LogP contribution in [0, 0.1) is 0 Å². The fourth-order valence-electron chi connectivity index (χ4n) is 1.74. The second-order valence-electron chi connectivity index (χ2n) is 3.05. The molecule has 0 radical (unpaired) electrons. The van der Waals surface area contributed by atoms with Gasteiger partial charge in [-0.1, -0.05) is 6.42 Å². The highest BCUT2D eigenvalue weighted by Crippen LogP contribution is 2.47. The molecular formula is C7H10O3. The minimum absolute atomic E-state index is 0.0405. The molecule has 1 saturated heterocycles. The van der Waals surface area contributed by atoms with Gasteiger partial charge in [0.25, 0.3) is 0 Å². The molecule has 0 aromatic carbocycles. The van der Waals surface area contributed by atoms with Gasteiger partial charge in [0.15, 0.2) is 5.60 Å². The Morgan fingerprint density at radius 3 is 2.90 bits per heavy atom. The number of rotatable bonds is 1. The molecule has 1 aliphatic carbocycles. The van der Waals surface area contributed by atoms with Crippen molar-refractivity contribution in [2.45, 2.75) is 37.4 Å². The third-order valence-corrected chi connectivity index (χ3v) is 2.44. The lowest BCUT2D eigenvalue weighted by molar-refractivity contribution is -0.143. The summed E-state index contributed by atoms with van der Waals surface area (Å²) in [5.41, 5.74) is -0.738. The van der Waals surface area contributed by atoms with Crippen molar-refractivity contribution < 1.29 is 14.6 Å². The highest BCUT2D eigenvalue weighted by molar-refractivity contribution is 5.81. The first kappa shape index (κ1) is 6.16. The minimum atomic E-state index is -0.766. The van der Waals surface area contributed by atoms with Gasteiger partial charge in [-0.2, -0.15) is 0 Å². The van der Waals surface area contributed by atoms with Crippen molar-refractivity contribution in [2.24, 2.45) is 0 Å². The third kappa shape index (κ3) is 0.611. The van der Waals surface area contributed by atoms with Crippen molar-refractivity contribution in [3.63, 3.8) is 0 Å². The van der Waals surface area contributed by atoms with E-state index in [0.717, 1.165) is 19.3 Å². The van der Waals surface area contributed by atoms with Gasteiger partial charge in [0.05, 0.1) is 6.10 Å². The van der Waals surface area contributed by atoms with Gasteiger partial charge in [0.1, 0.15) is 0 Å². The maximum absolute atomic E-state index is 10.6. The van der Waals surface area contributed by atoms with E-state index in [9.17, 15) is 4.79 Å². The molecule has 1 N–H and O–H groups in total. The summed E-state index contributed by atoms with van der Waals surface area (Å²) in [6.45, 7) is 0. The van der Waals surface area contributed by atoms with E-state index in [1.807, 2.05) is 0 Å². The molecule has 2 fully saturated rings. The monoisotopic (exact) mass is 142 g/mol. The quantitative estimate of drug-likeness (QED) is 0.550. The van der Waals surface area contributed by atoms with Crippen LogP contribution in [0.5, 0.6) is 0 Å². The van der Waals surface area contributed by atoms with Crippen LogP contribution in [0.15, 0.2) is 0 Å². The topological polar surface area (TPSA) is 49.8 Å². The molecule has 2 rings (SSSR count). The standard InChI is InChI=1S/C7H10O3/c8-6(9)7-4-2-1-3-5(7)10-7/h5H,1-4H2,(H,8,9)/t5?,7-/m0/s1. The van der Waals surface area contributed by atoms with Gasteiger partial charge >= 0.3 is 5.97 Å². The number of carboxylic acids is 1. The highest BCUT2D eigenvalue weighted by atomic mass is 16.6. The molecule has 1 aliphatic heterocycles. The van der Waals surface area contributed by atoms with Crippen LogP contribution in [0.4, 0.5) is 0 Å². The van der Waals surface area contributed by atoms with Gasteiger partial charge in [0.2, 0.25) is 0 Å². The Kier molecular flexibility index (Phi) is 1.06. The number of carbonyl (C=O) groups is 1. The van der Waals surface area contributed by atoms with Crippen molar-refractivity contribution in [1.29, 1.82) is 0 Å². The summed E-state index contributed by atoms with van der Waals surface area (Å²) >= 11 is 0. The van der Waals surface area contributed by atoms with E-state index < -0.39 is 11.6 Å². The van der Waals surface area contributed by atoms with Gasteiger partial charge < -0.3 is 9.84 Å². The molecule has 0 bridgehead atoms. The van der Waals surface area contributed by atoms with E-state index in [-0.39, 0.29) is 6.10 Å². The Labute approximate surface area is 59.0 Å². The van der Waals surface area contributed by atoms with Crippen molar-refractivity contribution in [3.8, 4) is 0 Å². The van der Waals surface area contributed by atoms with Crippen LogP contribution in [0.1, 0.15) is 25.7 Å². The van der Waals surface area contributed by atoms with Crippen molar-refractivity contribution in [2.75, 3.05) is 0 Å². The zero-order valence-corrected chi connectivity index (χ0v) is 5.67. The van der Waals surface area contributed by atoms with Crippen LogP contribution in [0.25, 0.3) is 0 Å². The second kappa shape index (κ2) is 1.72. The summed E-state index contributed by atoms with van der Waals surface area (Å²) in [6, 6.07) is 0. The molecule has 1 unspecified atom stereocenters. The largest absolute Gasteiger partial charge is 0.479 e. The summed E-state index contributed by atoms with van der Waals surface area (Å²) in [6.07, 6.45) is 3.82. The van der Waals surface area contributed by atoms with Crippen LogP contribution in [0.2, 0.25) is 0 Å². The van der Waals surface area contributed by atoms with Crippen LogP contribution in [-0.2, 0) is 9.53 Å². The molecule has 0 aromatic rings. The number of fused-ring (bicyclic) bond motifs is 1. The van der Waals surface area contributed by atoms with Crippen LogP contribution >= 0.6 is 0 Å². The molecule has 3 nitrogen and oxygen atoms in total. The first-order valence-electron chi connectivity index (χ1n) is 3.67. The Bertz CT molecular complexity index is 178. The molecule has 2 aliphatic rings. The smallest absolute Gasteiger partial charge is 0.338 e. The van der Waals surface area contributed by atoms with Gasteiger partial charge in [-0.15, -0.1) is 0 Å². The Hall–Kier alpha value is -0.570. The number of ether oxygens (including phenoxy) is 1. The van der Waals surface area contributed by atoms with Crippen molar-refractivity contribution in [3.05, 3.63) is 0 Å². The first-order valence-corrected chi connectivity index (χ1v) is 3.67. The maximum Gasteiger partial charge on any atom is 0.338 e. The molecule has 3 heteroatoms. The molecule has 2 atom stereocenters. The summed E-state index contributed by atoms with van der Waals surface area (Å²) in [7, 11) is 0. The molecule has 1 saturated carbocycles. The lowest BCUT2D eigenvalue weighted by atomic mass is 9.89. The minimum Gasteiger partial charge on any atom is -0.479 e. The van der Waals surface area contributed by atoms with Gasteiger partial charge in [-0.05, 0) is 19.3 Å². The SMILES string of the molecule is O=C(O)[C@]12CCCCC1O2. The normalized spacial score (nSPS) is 44.2. The number of hydrogen-bond acceptors (Lipinski definition) is 2.